The van der Waals surface area contributed by atoms with Crippen molar-refractivity contribution in [3.8, 4) is 5.88 Å². The van der Waals surface area contributed by atoms with Crippen LogP contribution in [-0.4, -0.2) is 36.8 Å². The molecule has 0 saturated heterocycles. The number of hydrogen-bond donors (Lipinski definition) is 0. The molecule has 0 bridgehead atoms. The fourth-order valence-corrected chi connectivity index (χ4v) is 4.35. The van der Waals surface area contributed by atoms with E-state index in [4.69, 9.17) is 4.74 Å². The number of hydrogen-bond acceptors (Lipinski definition) is 5. The smallest absolute Gasteiger partial charge is 0.223 e. The molecular weight excluding hydrogens is 400 g/mol. The lowest BCUT2D eigenvalue weighted by Gasteiger charge is -2.17. The molecule has 2 aromatic rings. The summed E-state index contributed by atoms with van der Waals surface area (Å²) in [6, 6.07) is 3.12. The molecule has 1 aromatic heterocycles. The second-order valence-electron chi connectivity index (χ2n) is 7.77. The van der Waals surface area contributed by atoms with Gasteiger partial charge in [-0.2, -0.15) is 5.10 Å². The summed E-state index contributed by atoms with van der Waals surface area (Å²) in [6.45, 7) is 12.7. The van der Waals surface area contributed by atoms with E-state index in [1.54, 1.807) is 23.9 Å². The third-order valence-electron chi connectivity index (χ3n) is 5.11. The quantitative estimate of drug-likeness (QED) is 0.530. The van der Waals surface area contributed by atoms with Crippen molar-refractivity contribution in [2.75, 3.05) is 12.9 Å². The Morgan fingerprint density at radius 3 is 2.30 bits per heavy atom. The molecule has 0 amide bonds. The van der Waals surface area contributed by atoms with Crippen LogP contribution in [0.4, 0.5) is 0 Å². The number of ether oxygens (including phenoxy) is 1. The van der Waals surface area contributed by atoms with Gasteiger partial charge in [-0.3, -0.25) is 4.79 Å². The van der Waals surface area contributed by atoms with Crippen molar-refractivity contribution in [3.63, 3.8) is 0 Å². The highest BCUT2D eigenvalue weighted by molar-refractivity contribution is 7.90. The highest BCUT2D eigenvalue weighted by atomic mass is 32.2. The number of ketones is 1. The molecule has 2 rings (SSSR count). The Hall–Kier alpha value is -2.41. The van der Waals surface area contributed by atoms with Crippen LogP contribution in [0, 0.1) is 6.92 Å². The van der Waals surface area contributed by atoms with Gasteiger partial charge in [-0.25, -0.2) is 13.1 Å². The molecule has 0 aliphatic carbocycles. The van der Waals surface area contributed by atoms with E-state index in [0.717, 1.165) is 24.0 Å². The topological polar surface area (TPSA) is 78.3 Å². The van der Waals surface area contributed by atoms with E-state index in [2.05, 4.69) is 5.10 Å². The van der Waals surface area contributed by atoms with E-state index in [1.807, 2.05) is 34.6 Å². The fourth-order valence-electron chi connectivity index (χ4n) is 3.35. The summed E-state index contributed by atoms with van der Waals surface area (Å²) in [5.41, 5.74) is 3.94. The first-order chi connectivity index (χ1) is 14.0. The second kappa shape index (κ2) is 9.60. The van der Waals surface area contributed by atoms with Gasteiger partial charge in [0.25, 0.3) is 0 Å². The highest BCUT2D eigenvalue weighted by Gasteiger charge is 2.26. The maximum absolute atomic E-state index is 13.5. The number of aryl methyl sites for hydroxylation is 1. The first kappa shape index (κ1) is 23.9. The van der Waals surface area contributed by atoms with Crippen LogP contribution < -0.4 is 4.74 Å². The van der Waals surface area contributed by atoms with Crippen molar-refractivity contribution in [2.45, 2.75) is 65.8 Å². The number of allylic oxidation sites excluding steroid dienone is 2. The molecule has 30 heavy (non-hydrogen) atoms. The summed E-state index contributed by atoms with van der Waals surface area (Å²) < 4.78 is 32.4. The minimum atomic E-state index is -3.45. The average Bonchev–Trinajstić information content (AvgIpc) is 3.07. The van der Waals surface area contributed by atoms with Gasteiger partial charge in [0.05, 0.1) is 17.7 Å². The number of rotatable bonds is 9. The van der Waals surface area contributed by atoms with Gasteiger partial charge in [0.15, 0.2) is 15.6 Å². The number of nitrogens with zero attached hydrogens (tertiary/aromatic N) is 2. The van der Waals surface area contributed by atoms with Gasteiger partial charge >= 0.3 is 0 Å². The molecule has 0 N–H and O–H groups in total. The maximum atomic E-state index is 13.5. The van der Waals surface area contributed by atoms with Crippen LogP contribution in [0.3, 0.4) is 0 Å². The molecule has 1 aromatic carbocycles. The molecule has 0 aliphatic rings. The van der Waals surface area contributed by atoms with Crippen LogP contribution in [-0.2, 0) is 16.4 Å². The number of aromatic nitrogens is 2. The molecule has 6 nitrogen and oxygen atoms in total. The van der Waals surface area contributed by atoms with Gasteiger partial charge in [0, 0.05) is 18.4 Å². The lowest BCUT2D eigenvalue weighted by atomic mass is 9.91. The van der Waals surface area contributed by atoms with Crippen molar-refractivity contribution in [1.29, 1.82) is 0 Å². The number of sulfone groups is 1. The minimum Gasteiger partial charge on any atom is -0.477 e. The third kappa shape index (κ3) is 4.83. The summed E-state index contributed by atoms with van der Waals surface area (Å²) in [7, 11) is -3.45. The van der Waals surface area contributed by atoms with Gasteiger partial charge in [0.2, 0.25) is 5.88 Å². The van der Waals surface area contributed by atoms with Crippen molar-refractivity contribution in [1.82, 2.24) is 9.78 Å². The lowest BCUT2D eigenvalue weighted by molar-refractivity contribution is 0.103. The third-order valence-corrected chi connectivity index (χ3v) is 6.25. The molecule has 7 heteroatoms. The van der Waals surface area contributed by atoms with E-state index < -0.39 is 9.84 Å². The monoisotopic (exact) mass is 432 g/mol. The van der Waals surface area contributed by atoms with Crippen molar-refractivity contribution in [2.24, 2.45) is 0 Å². The Labute approximate surface area is 179 Å². The molecule has 0 saturated carbocycles. The Morgan fingerprint density at radius 2 is 1.77 bits per heavy atom. The predicted molar refractivity (Wildman–Crippen MR) is 120 cm³/mol. The molecular formula is C23H32N2O4S. The Morgan fingerprint density at radius 1 is 1.10 bits per heavy atom. The van der Waals surface area contributed by atoms with E-state index in [-0.39, 0.29) is 10.7 Å². The molecule has 0 radical (unpaired) electrons. The zero-order chi connectivity index (χ0) is 22.6. The number of carbonyl (C=O) groups excluding carboxylic acids is 1. The van der Waals surface area contributed by atoms with Crippen molar-refractivity contribution < 1.29 is 17.9 Å². The molecule has 0 fully saturated rings. The first-order valence-electron chi connectivity index (χ1n) is 10.3. The summed E-state index contributed by atoms with van der Waals surface area (Å²) in [4.78, 5) is 13.7. The van der Waals surface area contributed by atoms with Crippen LogP contribution in [0.2, 0.25) is 0 Å². The van der Waals surface area contributed by atoms with Crippen LogP contribution in [0.1, 0.15) is 74.5 Å². The summed E-state index contributed by atoms with van der Waals surface area (Å²) in [5, 5.41) is 4.34. The van der Waals surface area contributed by atoms with E-state index in [0.29, 0.717) is 41.3 Å². The normalized spacial score (nSPS) is 11.4. The molecule has 164 valence electrons. The highest BCUT2D eigenvalue weighted by Crippen LogP contribution is 2.33. The minimum absolute atomic E-state index is 0.219. The van der Waals surface area contributed by atoms with Gasteiger partial charge in [-0.15, -0.1) is 0 Å². The Kier molecular flexibility index (Phi) is 7.64. The van der Waals surface area contributed by atoms with E-state index in [1.165, 1.54) is 12.3 Å². The summed E-state index contributed by atoms with van der Waals surface area (Å²) >= 11 is 0. The standard InChI is InChI=1S/C23H32N2O4S/c1-8-12-25-23(29-13-9-2)19(14-24-25)22(26)18-10-11-20(30(7,27)28)21(17(18)6)16(5)15(3)4/h10-11,14H,8-9,12-13H2,1-7H3. The van der Waals surface area contributed by atoms with Crippen molar-refractivity contribution >= 4 is 21.2 Å². The van der Waals surface area contributed by atoms with Gasteiger partial charge in [-0.05, 0) is 69.4 Å². The van der Waals surface area contributed by atoms with Crippen LogP contribution in [0.25, 0.3) is 5.57 Å². The van der Waals surface area contributed by atoms with E-state index >= 15 is 0 Å². The summed E-state index contributed by atoms with van der Waals surface area (Å²) in [5.74, 6) is 0.250. The molecule has 1 heterocycles. The molecule has 0 spiro atoms. The van der Waals surface area contributed by atoms with Gasteiger partial charge < -0.3 is 4.74 Å². The Balaban J connectivity index is 2.70. The molecule has 0 unspecified atom stereocenters. The zero-order valence-corrected chi connectivity index (χ0v) is 19.8. The first-order valence-corrected chi connectivity index (χ1v) is 12.1. The fraction of sp³-hybridized carbons (Fsp3) is 0.478. The number of benzene rings is 1. The molecule has 0 atom stereocenters. The zero-order valence-electron chi connectivity index (χ0n) is 19.0. The lowest BCUT2D eigenvalue weighted by Crippen LogP contribution is -2.12. The van der Waals surface area contributed by atoms with Crippen LogP contribution in [0.15, 0.2) is 28.8 Å². The average molecular weight is 433 g/mol. The van der Waals surface area contributed by atoms with Crippen molar-refractivity contribution in [3.05, 3.63) is 46.2 Å². The van der Waals surface area contributed by atoms with Crippen LogP contribution in [0.5, 0.6) is 5.88 Å². The van der Waals surface area contributed by atoms with E-state index in [9.17, 15) is 13.2 Å². The molecule has 0 aliphatic heterocycles. The predicted octanol–water partition coefficient (Wildman–Crippen LogP) is 4.84. The maximum Gasteiger partial charge on any atom is 0.223 e. The van der Waals surface area contributed by atoms with Gasteiger partial charge in [-0.1, -0.05) is 19.4 Å². The van der Waals surface area contributed by atoms with Crippen LogP contribution >= 0.6 is 0 Å². The number of carbonyl (C=O) groups is 1. The Bertz CT molecular complexity index is 1070. The SMILES string of the molecule is CCCOc1c(C(=O)c2ccc(S(C)(=O)=O)c(C(C)=C(C)C)c2C)cnn1CCC. The largest absolute Gasteiger partial charge is 0.477 e. The summed E-state index contributed by atoms with van der Waals surface area (Å²) in [6.07, 6.45) is 4.41. The van der Waals surface area contributed by atoms with Gasteiger partial charge in [0.1, 0.15) is 5.56 Å². The second-order valence-corrected chi connectivity index (χ2v) is 9.76.